The summed E-state index contributed by atoms with van der Waals surface area (Å²) in [7, 11) is -3.54. The molecule has 1 amide bonds. The summed E-state index contributed by atoms with van der Waals surface area (Å²) in [5.74, 6) is -0.395. The van der Waals surface area contributed by atoms with E-state index in [0.29, 0.717) is 43.5 Å². The number of carbonyl (C=O) groups is 1. The molecule has 0 aliphatic carbocycles. The monoisotopic (exact) mass is 460 g/mol. The van der Waals surface area contributed by atoms with Crippen LogP contribution in [0.5, 0.6) is 0 Å². The molecule has 31 heavy (non-hydrogen) atoms. The molecule has 1 saturated heterocycles. The van der Waals surface area contributed by atoms with Crippen molar-refractivity contribution in [2.24, 2.45) is 0 Å². The average molecular weight is 461 g/mol. The van der Waals surface area contributed by atoms with Gasteiger partial charge in [0.2, 0.25) is 10.0 Å². The van der Waals surface area contributed by atoms with E-state index in [4.69, 9.17) is 17.0 Å². The fourth-order valence-corrected chi connectivity index (χ4v) is 4.37. The number of thiocarbonyl (C=S) groups is 1. The van der Waals surface area contributed by atoms with Gasteiger partial charge in [0.05, 0.1) is 18.1 Å². The molecular formula is C21H24N4O4S2. The number of carbonyl (C=O) groups excluding carboxylic acids is 1. The van der Waals surface area contributed by atoms with Crippen LogP contribution >= 0.6 is 12.2 Å². The Morgan fingerprint density at radius 3 is 2.39 bits per heavy atom. The molecule has 0 radical (unpaired) electrons. The van der Waals surface area contributed by atoms with Gasteiger partial charge in [-0.15, -0.1) is 0 Å². The highest BCUT2D eigenvalue weighted by atomic mass is 32.2. The second-order valence-electron chi connectivity index (χ2n) is 6.70. The van der Waals surface area contributed by atoms with Crippen molar-refractivity contribution in [3.8, 4) is 0 Å². The van der Waals surface area contributed by atoms with E-state index in [1.54, 1.807) is 18.2 Å². The lowest BCUT2D eigenvalue weighted by Crippen LogP contribution is -2.45. The minimum atomic E-state index is -3.54. The van der Waals surface area contributed by atoms with E-state index in [9.17, 15) is 13.2 Å². The van der Waals surface area contributed by atoms with Gasteiger partial charge in [0.25, 0.3) is 5.91 Å². The summed E-state index contributed by atoms with van der Waals surface area (Å²) >= 11 is 5.12. The number of benzene rings is 2. The first-order valence-electron chi connectivity index (χ1n) is 9.69. The second kappa shape index (κ2) is 11.0. The Balaban J connectivity index is 1.46. The van der Waals surface area contributed by atoms with Crippen molar-refractivity contribution in [3.63, 3.8) is 0 Å². The number of morpholine rings is 1. The predicted octanol–water partition coefficient (Wildman–Crippen LogP) is 1.42. The van der Waals surface area contributed by atoms with Crippen molar-refractivity contribution in [2.75, 3.05) is 26.3 Å². The van der Waals surface area contributed by atoms with Gasteiger partial charge >= 0.3 is 0 Å². The Morgan fingerprint density at radius 1 is 1.03 bits per heavy atom. The van der Waals surface area contributed by atoms with Gasteiger partial charge in [0.15, 0.2) is 5.11 Å². The molecule has 2 aromatic rings. The largest absolute Gasteiger partial charge is 0.379 e. The third-order valence-corrected chi connectivity index (χ3v) is 6.67. The molecule has 0 bridgehead atoms. The summed E-state index contributed by atoms with van der Waals surface area (Å²) in [5.41, 5.74) is 6.86. The van der Waals surface area contributed by atoms with E-state index < -0.39 is 15.9 Å². The van der Waals surface area contributed by atoms with Crippen LogP contribution in [0.3, 0.4) is 0 Å². The number of sulfonamides is 1. The zero-order valence-corrected chi connectivity index (χ0v) is 18.4. The lowest BCUT2D eigenvalue weighted by atomic mass is 10.2. The number of nitrogens with zero attached hydrogens (tertiary/aromatic N) is 1. The number of ether oxygens (including phenoxy) is 1. The second-order valence-corrected chi connectivity index (χ2v) is 9.05. The Hall–Kier alpha value is -2.79. The number of hydrazine groups is 1. The predicted molar refractivity (Wildman–Crippen MR) is 122 cm³/mol. The highest BCUT2D eigenvalue weighted by Crippen LogP contribution is 2.18. The highest BCUT2D eigenvalue weighted by Gasteiger charge is 2.25. The first kappa shape index (κ1) is 22.9. The number of rotatable bonds is 6. The van der Waals surface area contributed by atoms with Crippen molar-refractivity contribution < 1.29 is 17.9 Å². The average Bonchev–Trinajstić information content (AvgIpc) is 2.81. The summed E-state index contributed by atoms with van der Waals surface area (Å²) in [6.07, 6.45) is 2.92. The summed E-state index contributed by atoms with van der Waals surface area (Å²) in [5, 5.41) is 3.28. The van der Waals surface area contributed by atoms with Gasteiger partial charge in [-0.25, -0.2) is 8.42 Å². The highest BCUT2D eigenvalue weighted by molar-refractivity contribution is 7.89. The van der Waals surface area contributed by atoms with Crippen LogP contribution in [-0.2, 0) is 26.1 Å². The van der Waals surface area contributed by atoms with Crippen LogP contribution in [0.2, 0.25) is 0 Å². The fourth-order valence-electron chi connectivity index (χ4n) is 2.84. The van der Waals surface area contributed by atoms with Gasteiger partial charge in [0.1, 0.15) is 0 Å². The van der Waals surface area contributed by atoms with Crippen LogP contribution in [0.4, 0.5) is 0 Å². The first-order valence-corrected chi connectivity index (χ1v) is 11.5. The van der Waals surface area contributed by atoms with Crippen molar-refractivity contribution in [2.45, 2.75) is 11.4 Å². The van der Waals surface area contributed by atoms with Gasteiger partial charge in [-0.1, -0.05) is 42.5 Å². The molecule has 3 N–H and O–H groups in total. The van der Waals surface area contributed by atoms with Crippen LogP contribution in [-0.4, -0.2) is 50.0 Å². The Morgan fingerprint density at radius 2 is 1.71 bits per heavy atom. The molecule has 3 rings (SSSR count). The summed E-state index contributed by atoms with van der Waals surface area (Å²) in [6.45, 7) is 2.03. The van der Waals surface area contributed by atoms with Crippen LogP contribution in [0, 0.1) is 0 Å². The van der Waals surface area contributed by atoms with E-state index in [-0.39, 0.29) is 4.90 Å². The zero-order chi connectivity index (χ0) is 22.1. The number of amides is 1. The SMILES string of the molecule is O=C(C=Cc1ccc(S(=O)(=O)N2CCOCC2)cc1)NNC(=S)NCc1ccccc1. The third-order valence-electron chi connectivity index (χ3n) is 4.51. The van der Waals surface area contributed by atoms with Crippen molar-refractivity contribution in [1.29, 1.82) is 0 Å². The molecule has 10 heteroatoms. The number of hydrogen-bond acceptors (Lipinski definition) is 5. The molecule has 8 nitrogen and oxygen atoms in total. The molecule has 0 atom stereocenters. The third kappa shape index (κ3) is 6.86. The van der Waals surface area contributed by atoms with Crippen molar-refractivity contribution in [3.05, 3.63) is 71.8 Å². The van der Waals surface area contributed by atoms with Crippen LogP contribution in [0.15, 0.2) is 65.6 Å². The lowest BCUT2D eigenvalue weighted by Gasteiger charge is -2.26. The molecule has 1 aliphatic heterocycles. The normalized spacial score (nSPS) is 14.8. The Labute approximate surface area is 187 Å². The van der Waals surface area contributed by atoms with Crippen LogP contribution < -0.4 is 16.2 Å². The zero-order valence-electron chi connectivity index (χ0n) is 16.8. The molecule has 1 heterocycles. The fraction of sp³-hybridized carbons (Fsp3) is 0.238. The van der Waals surface area contributed by atoms with Gasteiger partial charge in [0, 0.05) is 25.7 Å². The first-order chi connectivity index (χ1) is 14.9. The summed E-state index contributed by atoms with van der Waals surface area (Å²) in [6, 6.07) is 16.1. The lowest BCUT2D eigenvalue weighted by molar-refractivity contribution is -0.116. The maximum Gasteiger partial charge on any atom is 0.262 e. The molecule has 0 saturated carbocycles. The van der Waals surface area contributed by atoms with Gasteiger partial charge < -0.3 is 10.1 Å². The van der Waals surface area contributed by atoms with E-state index in [0.717, 1.165) is 5.56 Å². The smallest absolute Gasteiger partial charge is 0.262 e. The van der Waals surface area contributed by atoms with E-state index in [2.05, 4.69) is 16.2 Å². The van der Waals surface area contributed by atoms with E-state index in [1.165, 1.54) is 22.5 Å². The molecule has 1 aliphatic rings. The molecular weight excluding hydrogens is 436 g/mol. The Kier molecular flexibility index (Phi) is 8.13. The number of nitrogens with one attached hydrogen (secondary N) is 3. The van der Waals surface area contributed by atoms with E-state index in [1.807, 2.05) is 30.3 Å². The molecule has 2 aromatic carbocycles. The van der Waals surface area contributed by atoms with Gasteiger partial charge in [-0.2, -0.15) is 4.31 Å². The minimum absolute atomic E-state index is 0.215. The van der Waals surface area contributed by atoms with Crippen molar-refractivity contribution >= 4 is 39.3 Å². The molecule has 1 fully saturated rings. The van der Waals surface area contributed by atoms with Gasteiger partial charge in [-0.05, 0) is 41.6 Å². The van der Waals surface area contributed by atoms with Crippen LogP contribution in [0.25, 0.3) is 6.08 Å². The van der Waals surface area contributed by atoms with Crippen molar-refractivity contribution in [1.82, 2.24) is 20.5 Å². The molecule has 0 aromatic heterocycles. The maximum absolute atomic E-state index is 12.6. The summed E-state index contributed by atoms with van der Waals surface area (Å²) in [4.78, 5) is 12.2. The molecule has 0 spiro atoms. The summed E-state index contributed by atoms with van der Waals surface area (Å²) < 4.78 is 31.9. The quantitative estimate of drug-likeness (QED) is 0.341. The van der Waals surface area contributed by atoms with Gasteiger partial charge in [-0.3, -0.25) is 15.6 Å². The maximum atomic E-state index is 12.6. The standard InChI is InChI=1S/C21H24N4O4S2/c26-20(23-24-21(30)22-16-18-4-2-1-3-5-18)11-8-17-6-9-19(10-7-17)31(27,28)25-12-14-29-15-13-25/h1-11H,12-16H2,(H,23,26)(H2,22,24,30). The number of hydrogen-bond donors (Lipinski definition) is 3. The minimum Gasteiger partial charge on any atom is -0.379 e. The molecule has 164 valence electrons. The Bertz CT molecular complexity index is 1020. The topological polar surface area (TPSA) is 99.8 Å². The molecule has 0 unspecified atom stereocenters. The van der Waals surface area contributed by atoms with Crippen LogP contribution in [0.1, 0.15) is 11.1 Å². The van der Waals surface area contributed by atoms with E-state index >= 15 is 0 Å².